The van der Waals surface area contributed by atoms with Crippen molar-refractivity contribution in [3.63, 3.8) is 0 Å². The number of carbonyl (C=O) groups excluding carboxylic acids is 1. The number of nitrogens with zero attached hydrogens (tertiary/aromatic N) is 3. The summed E-state index contributed by atoms with van der Waals surface area (Å²) in [6.07, 6.45) is -0.582. The Morgan fingerprint density at radius 3 is 2.85 bits per heavy atom. The number of nitrogens with one attached hydrogen (secondary N) is 1. The first kappa shape index (κ1) is 14.8. The zero-order valence-corrected chi connectivity index (χ0v) is 10.8. The third-order valence-electron chi connectivity index (χ3n) is 2.79. The molecule has 0 spiro atoms. The van der Waals surface area contributed by atoms with Gasteiger partial charge in [0, 0.05) is 12.5 Å². The van der Waals surface area contributed by atoms with E-state index in [1.807, 2.05) is 0 Å². The number of amides is 1. The number of halogens is 2. The van der Waals surface area contributed by atoms with Crippen molar-refractivity contribution in [2.45, 2.75) is 25.2 Å². The molecule has 7 nitrogen and oxygen atoms in total. The molecule has 9 heteroatoms. The molecule has 0 radical (unpaired) electrons. The fourth-order valence-corrected chi connectivity index (χ4v) is 1.71. The van der Waals surface area contributed by atoms with E-state index in [4.69, 9.17) is 9.52 Å². The van der Waals surface area contributed by atoms with Crippen LogP contribution in [0.5, 0.6) is 0 Å². The third-order valence-corrected chi connectivity index (χ3v) is 2.79. The molecule has 1 amide bonds. The van der Waals surface area contributed by atoms with E-state index in [1.54, 1.807) is 0 Å². The Balaban J connectivity index is 1.82. The summed E-state index contributed by atoms with van der Waals surface area (Å²) in [5.74, 6) is 0.225. The standard InChI is InChI=1S/C11H16F2N4O3/c12-8(13)5-17(3-4-18)6-9(19)14-11-16-15-10(20-11)7-1-2-7/h7-8,18H,1-6H2,(H,14,16,19). The van der Waals surface area contributed by atoms with Gasteiger partial charge in [0.05, 0.1) is 19.7 Å². The van der Waals surface area contributed by atoms with Crippen molar-refractivity contribution in [1.29, 1.82) is 0 Å². The van der Waals surface area contributed by atoms with Gasteiger partial charge in [-0.25, -0.2) is 8.78 Å². The van der Waals surface area contributed by atoms with Crippen LogP contribution in [0.15, 0.2) is 4.42 Å². The van der Waals surface area contributed by atoms with Crippen molar-refractivity contribution in [2.75, 3.05) is 31.6 Å². The van der Waals surface area contributed by atoms with Gasteiger partial charge in [-0.05, 0) is 12.8 Å². The van der Waals surface area contributed by atoms with Gasteiger partial charge in [0.2, 0.25) is 11.8 Å². The molecular weight excluding hydrogens is 274 g/mol. The fraction of sp³-hybridized carbons (Fsp3) is 0.727. The molecule has 0 atom stereocenters. The smallest absolute Gasteiger partial charge is 0.322 e. The average molecular weight is 290 g/mol. The molecule has 1 heterocycles. The summed E-state index contributed by atoms with van der Waals surface area (Å²) in [4.78, 5) is 12.8. The lowest BCUT2D eigenvalue weighted by Crippen LogP contribution is -2.38. The second-order valence-corrected chi connectivity index (χ2v) is 4.62. The Kier molecular flexibility index (Phi) is 4.96. The molecule has 1 saturated carbocycles. The van der Waals surface area contributed by atoms with Gasteiger partial charge in [0.15, 0.2) is 0 Å². The first-order valence-corrected chi connectivity index (χ1v) is 6.33. The van der Waals surface area contributed by atoms with Crippen LogP contribution in [0.25, 0.3) is 0 Å². The molecule has 0 aromatic carbocycles. The predicted octanol–water partition coefficient (Wildman–Crippen LogP) is 0.445. The van der Waals surface area contributed by atoms with Crippen LogP contribution in [-0.2, 0) is 4.79 Å². The summed E-state index contributed by atoms with van der Waals surface area (Å²) in [5.41, 5.74) is 0. The molecule has 1 fully saturated rings. The number of hydrogen-bond acceptors (Lipinski definition) is 6. The Hall–Kier alpha value is -1.61. The van der Waals surface area contributed by atoms with Crippen LogP contribution in [0.3, 0.4) is 0 Å². The van der Waals surface area contributed by atoms with E-state index in [2.05, 4.69) is 15.5 Å². The highest BCUT2D eigenvalue weighted by molar-refractivity contribution is 5.90. The minimum Gasteiger partial charge on any atom is -0.408 e. The Labute approximate surface area is 114 Å². The zero-order valence-electron chi connectivity index (χ0n) is 10.8. The number of aromatic nitrogens is 2. The van der Waals surface area contributed by atoms with Crippen LogP contribution >= 0.6 is 0 Å². The molecule has 1 aromatic rings. The summed E-state index contributed by atoms with van der Waals surface area (Å²) < 4.78 is 29.8. The van der Waals surface area contributed by atoms with Gasteiger partial charge in [-0.2, -0.15) is 0 Å². The number of aliphatic hydroxyl groups excluding tert-OH is 1. The highest BCUT2D eigenvalue weighted by Crippen LogP contribution is 2.39. The molecule has 0 bridgehead atoms. The van der Waals surface area contributed by atoms with Crippen molar-refractivity contribution in [1.82, 2.24) is 15.1 Å². The lowest BCUT2D eigenvalue weighted by molar-refractivity contribution is -0.117. The molecule has 112 valence electrons. The molecule has 20 heavy (non-hydrogen) atoms. The Morgan fingerprint density at radius 2 is 2.25 bits per heavy atom. The molecular formula is C11H16F2N4O3. The minimum atomic E-state index is -2.57. The largest absolute Gasteiger partial charge is 0.408 e. The van der Waals surface area contributed by atoms with Gasteiger partial charge in [0.25, 0.3) is 6.43 Å². The van der Waals surface area contributed by atoms with E-state index in [0.29, 0.717) is 5.89 Å². The van der Waals surface area contributed by atoms with Crippen molar-refractivity contribution in [3.05, 3.63) is 5.89 Å². The van der Waals surface area contributed by atoms with Crippen LogP contribution < -0.4 is 5.32 Å². The van der Waals surface area contributed by atoms with Crippen LogP contribution in [-0.4, -0.2) is 58.8 Å². The number of anilines is 1. The summed E-state index contributed by atoms with van der Waals surface area (Å²) in [6.45, 7) is -1.15. The highest BCUT2D eigenvalue weighted by Gasteiger charge is 2.29. The third kappa shape index (κ3) is 4.49. The summed E-state index contributed by atoms with van der Waals surface area (Å²) in [6, 6.07) is -0.0297. The second-order valence-electron chi connectivity index (χ2n) is 4.62. The summed E-state index contributed by atoms with van der Waals surface area (Å²) >= 11 is 0. The van der Waals surface area contributed by atoms with Crippen molar-refractivity contribution >= 4 is 11.9 Å². The van der Waals surface area contributed by atoms with Gasteiger partial charge in [-0.3, -0.25) is 15.0 Å². The first-order valence-electron chi connectivity index (χ1n) is 6.33. The molecule has 1 aliphatic rings. The van der Waals surface area contributed by atoms with Crippen LogP contribution in [0.4, 0.5) is 14.8 Å². The van der Waals surface area contributed by atoms with Gasteiger partial charge in [-0.1, -0.05) is 5.10 Å². The van der Waals surface area contributed by atoms with Gasteiger partial charge < -0.3 is 9.52 Å². The predicted molar refractivity (Wildman–Crippen MR) is 64.4 cm³/mol. The maximum atomic E-state index is 12.3. The average Bonchev–Trinajstić information content (AvgIpc) is 3.10. The van der Waals surface area contributed by atoms with E-state index < -0.39 is 18.9 Å². The maximum Gasteiger partial charge on any atom is 0.322 e. The van der Waals surface area contributed by atoms with Crippen molar-refractivity contribution in [3.8, 4) is 0 Å². The number of alkyl halides is 2. The van der Waals surface area contributed by atoms with Gasteiger partial charge in [0.1, 0.15) is 0 Å². The topological polar surface area (TPSA) is 91.5 Å². The SMILES string of the molecule is O=C(CN(CCO)CC(F)F)Nc1nnc(C2CC2)o1. The number of carbonyl (C=O) groups is 1. The molecule has 0 unspecified atom stereocenters. The van der Waals surface area contributed by atoms with Gasteiger partial charge in [-0.15, -0.1) is 5.10 Å². The lowest BCUT2D eigenvalue weighted by atomic mass is 10.4. The van der Waals surface area contributed by atoms with Crippen LogP contribution in [0.2, 0.25) is 0 Å². The lowest BCUT2D eigenvalue weighted by Gasteiger charge is -2.19. The number of hydrogen-bond donors (Lipinski definition) is 2. The number of rotatable bonds is 8. The van der Waals surface area contributed by atoms with E-state index in [9.17, 15) is 13.6 Å². The van der Waals surface area contributed by atoms with E-state index in [-0.39, 0.29) is 31.6 Å². The summed E-state index contributed by atoms with van der Waals surface area (Å²) in [5, 5.41) is 18.6. The first-order chi connectivity index (χ1) is 9.58. The minimum absolute atomic E-state index is 0.00504. The number of aliphatic hydroxyl groups is 1. The maximum absolute atomic E-state index is 12.3. The van der Waals surface area contributed by atoms with Crippen LogP contribution in [0, 0.1) is 0 Å². The van der Waals surface area contributed by atoms with Crippen molar-refractivity contribution < 1.29 is 23.1 Å². The normalized spacial score (nSPS) is 15.1. The fourth-order valence-electron chi connectivity index (χ4n) is 1.71. The van der Waals surface area contributed by atoms with E-state index >= 15 is 0 Å². The second kappa shape index (κ2) is 6.71. The van der Waals surface area contributed by atoms with Crippen molar-refractivity contribution in [2.24, 2.45) is 0 Å². The Morgan fingerprint density at radius 1 is 1.50 bits per heavy atom. The van der Waals surface area contributed by atoms with E-state index in [0.717, 1.165) is 17.7 Å². The molecule has 1 aliphatic carbocycles. The monoisotopic (exact) mass is 290 g/mol. The molecule has 1 aromatic heterocycles. The van der Waals surface area contributed by atoms with Crippen LogP contribution in [0.1, 0.15) is 24.7 Å². The Bertz CT molecular complexity index is 451. The van der Waals surface area contributed by atoms with Gasteiger partial charge >= 0.3 is 6.01 Å². The molecule has 0 saturated heterocycles. The highest BCUT2D eigenvalue weighted by atomic mass is 19.3. The molecule has 2 rings (SSSR count). The summed E-state index contributed by atoms with van der Waals surface area (Å²) in [7, 11) is 0. The zero-order chi connectivity index (χ0) is 14.5. The molecule has 0 aliphatic heterocycles. The molecule has 2 N–H and O–H groups in total. The van der Waals surface area contributed by atoms with E-state index in [1.165, 1.54) is 0 Å². The quantitative estimate of drug-likeness (QED) is 0.722.